The Morgan fingerprint density at radius 2 is 1.67 bits per heavy atom. The van der Waals surface area contributed by atoms with Crippen LogP contribution in [0.3, 0.4) is 0 Å². The van der Waals surface area contributed by atoms with E-state index in [9.17, 15) is 0 Å². The molecule has 0 aliphatic carbocycles. The molecule has 0 spiro atoms. The smallest absolute Gasteiger partial charge is 0.111 e. The lowest BCUT2D eigenvalue weighted by atomic mass is 10.0. The van der Waals surface area contributed by atoms with Crippen molar-refractivity contribution in [2.24, 2.45) is 0 Å². The topological polar surface area (TPSA) is 3.01 Å². The standard InChI is InChI=1S/C20H21N/c1-5-18-19(13-17-9-7-6-8-10-17)21(18)20-15(3)11-14(2)12-16(20)4/h1,6-12,18-19H,13H2,2-4H3/t18-,19+,21?/m0/s1. The fraction of sp³-hybridized carbons (Fsp3) is 0.300. The number of hydrogen-bond donors (Lipinski definition) is 0. The lowest BCUT2D eigenvalue weighted by Gasteiger charge is -2.14. The van der Waals surface area contributed by atoms with Crippen LogP contribution in [0.5, 0.6) is 0 Å². The first-order chi connectivity index (χ1) is 10.1. The molecule has 2 aromatic rings. The number of benzene rings is 2. The zero-order valence-corrected chi connectivity index (χ0v) is 12.9. The van der Waals surface area contributed by atoms with Crippen LogP contribution in [0.25, 0.3) is 0 Å². The molecular weight excluding hydrogens is 254 g/mol. The maximum absolute atomic E-state index is 5.74. The van der Waals surface area contributed by atoms with Crippen LogP contribution in [0.1, 0.15) is 22.3 Å². The van der Waals surface area contributed by atoms with E-state index in [-0.39, 0.29) is 6.04 Å². The van der Waals surface area contributed by atoms with Gasteiger partial charge in [0.25, 0.3) is 0 Å². The first-order valence-electron chi connectivity index (χ1n) is 7.48. The van der Waals surface area contributed by atoms with Gasteiger partial charge >= 0.3 is 0 Å². The van der Waals surface area contributed by atoms with E-state index in [1.165, 1.54) is 27.9 Å². The van der Waals surface area contributed by atoms with E-state index in [2.05, 4.69) is 74.1 Å². The fourth-order valence-electron chi connectivity index (χ4n) is 3.42. The summed E-state index contributed by atoms with van der Waals surface area (Å²) >= 11 is 0. The van der Waals surface area contributed by atoms with Gasteiger partial charge in [-0.1, -0.05) is 53.9 Å². The molecule has 1 saturated heterocycles. The maximum Gasteiger partial charge on any atom is 0.111 e. The molecule has 21 heavy (non-hydrogen) atoms. The minimum atomic E-state index is 0.227. The summed E-state index contributed by atoms with van der Waals surface area (Å²) in [5, 5.41) is 0. The molecule has 1 nitrogen and oxygen atoms in total. The van der Waals surface area contributed by atoms with Gasteiger partial charge < -0.3 is 4.90 Å². The van der Waals surface area contributed by atoms with E-state index in [1.54, 1.807) is 0 Å². The number of aryl methyl sites for hydroxylation is 3. The summed E-state index contributed by atoms with van der Waals surface area (Å²) in [5.41, 5.74) is 6.64. The lowest BCUT2D eigenvalue weighted by molar-refractivity contribution is 0.940. The number of terminal acetylenes is 1. The van der Waals surface area contributed by atoms with Crippen LogP contribution in [-0.2, 0) is 6.42 Å². The van der Waals surface area contributed by atoms with Gasteiger partial charge in [-0.05, 0) is 43.9 Å². The van der Waals surface area contributed by atoms with Gasteiger partial charge in [0.1, 0.15) is 6.04 Å². The summed E-state index contributed by atoms with van der Waals surface area (Å²) in [6, 6.07) is 15.7. The number of rotatable bonds is 3. The average molecular weight is 275 g/mol. The summed E-state index contributed by atoms with van der Waals surface area (Å²) in [7, 11) is 0. The van der Waals surface area contributed by atoms with E-state index < -0.39 is 0 Å². The minimum Gasteiger partial charge on any atom is -0.349 e. The molecule has 1 aliphatic heterocycles. The lowest BCUT2D eigenvalue weighted by Crippen LogP contribution is -2.06. The van der Waals surface area contributed by atoms with Gasteiger partial charge in [0, 0.05) is 5.69 Å². The van der Waals surface area contributed by atoms with Crippen molar-refractivity contribution in [1.82, 2.24) is 0 Å². The van der Waals surface area contributed by atoms with E-state index >= 15 is 0 Å². The highest BCUT2D eigenvalue weighted by atomic mass is 15.4. The normalized spacial score (nSPS) is 20.2. The molecule has 106 valence electrons. The van der Waals surface area contributed by atoms with E-state index in [0.717, 1.165) is 6.42 Å². The van der Waals surface area contributed by atoms with Crippen molar-refractivity contribution < 1.29 is 0 Å². The third-order valence-electron chi connectivity index (χ3n) is 4.28. The molecule has 2 aromatic carbocycles. The van der Waals surface area contributed by atoms with Crippen LogP contribution in [0, 0.1) is 33.1 Å². The number of anilines is 1. The predicted octanol–water partition coefficient (Wildman–Crippen LogP) is 4.04. The summed E-state index contributed by atoms with van der Waals surface area (Å²) in [6.45, 7) is 6.51. The maximum atomic E-state index is 5.74. The summed E-state index contributed by atoms with van der Waals surface area (Å²) < 4.78 is 0. The average Bonchev–Trinajstić information content (AvgIpc) is 3.11. The fourth-order valence-corrected chi connectivity index (χ4v) is 3.42. The Bertz CT molecular complexity index is 671. The minimum absolute atomic E-state index is 0.227. The molecule has 1 aliphatic rings. The molecular formula is C20H21N. The predicted molar refractivity (Wildman–Crippen MR) is 89.7 cm³/mol. The molecule has 2 atom stereocenters. The van der Waals surface area contributed by atoms with Crippen LogP contribution in [-0.4, -0.2) is 12.1 Å². The highest BCUT2D eigenvalue weighted by molar-refractivity contribution is 5.68. The number of hydrogen-bond acceptors (Lipinski definition) is 1. The van der Waals surface area contributed by atoms with Crippen LogP contribution >= 0.6 is 0 Å². The highest BCUT2D eigenvalue weighted by Crippen LogP contribution is 2.41. The molecule has 0 saturated carbocycles. The highest BCUT2D eigenvalue weighted by Gasteiger charge is 2.47. The van der Waals surface area contributed by atoms with Crippen molar-refractivity contribution in [3.05, 3.63) is 64.7 Å². The Morgan fingerprint density at radius 1 is 1.05 bits per heavy atom. The first kappa shape index (κ1) is 13.8. The SMILES string of the molecule is C#C[C@H]1[C@@H](Cc2ccccc2)N1c1c(C)cc(C)cc1C. The zero-order chi connectivity index (χ0) is 15.0. The molecule has 1 heteroatoms. The Labute approximate surface area is 127 Å². The second kappa shape index (κ2) is 5.30. The summed E-state index contributed by atoms with van der Waals surface area (Å²) in [5.74, 6) is 2.95. The van der Waals surface area contributed by atoms with Crippen molar-refractivity contribution in [2.75, 3.05) is 4.90 Å². The van der Waals surface area contributed by atoms with Gasteiger partial charge in [-0.2, -0.15) is 0 Å². The molecule has 1 fully saturated rings. The Hall–Kier alpha value is -2.20. The molecule has 0 N–H and O–H groups in total. The van der Waals surface area contributed by atoms with Crippen LogP contribution in [0.4, 0.5) is 5.69 Å². The van der Waals surface area contributed by atoms with E-state index in [0.29, 0.717) is 6.04 Å². The van der Waals surface area contributed by atoms with Gasteiger partial charge in [0.2, 0.25) is 0 Å². The van der Waals surface area contributed by atoms with E-state index in [1.807, 2.05) is 0 Å². The van der Waals surface area contributed by atoms with Crippen LogP contribution in [0.2, 0.25) is 0 Å². The summed E-state index contributed by atoms with van der Waals surface area (Å²) in [4.78, 5) is 2.40. The largest absolute Gasteiger partial charge is 0.349 e. The van der Waals surface area contributed by atoms with Gasteiger partial charge in [-0.3, -0.25) is 0 Å². The zero-order valence-electron chi connectivity index (χ0n) is 12.9. The Kier molecular flexibility index (Phi) is 3.47. The second-order valence-electron chi connectivity index (χ2n) is 6.02. The monoisotopic (exact) mass is 275 g/mol. The van der Waals surface area contributed by atoms with E-state index in [4.69, 9.17) is 6.42 Å². The summed E-state index contributed by atoms with van der Waals surface area (Å²) in [6.07, 6.45) is 6.76. The van der Waals surface area contributed by atoms with Crippen molar-refractivity contribution >= 4 is 5.69 Å². The quantitative estimate of drug-likeness (QED) is 0.603. The number of nitrogens with zero attached hydrogens (tertiary/aromatic N) is 1. The van der Waals surface area contributed by atoms with Gasteiger partial charge in [0.15, 0.2) is 0 Å². The molecule has 0 amide bonds. The molecule has 0 unspecified atom stereocenters. The Morgan fingerprint density at radius 3 is 2.24 bits per heavy atom. The second-order valence-corrected chi connectivity index (χ2v) is 6.02. The Balaban J connectivity index is 1.88. The molecule has 0 bridgehead atoms. The van der Waals surface area contributed by atoms with Crippen molar-refractivity contribution in [3.63, 3.8) is 0 Å². The van der Waals surface area contributed by atoms with Crippen molar-refractivity contribution in [3.8, 4) is 12.3 Å². The van der Waals surface area contributed by atoms with Crippen molar-refractivity contribution in [2.45, 2.75) is 39.3 Å². The third kappa shape index (κ3) is 2.54. The molecule has 0 aromatic heterocycles. The molecule has 0 radical (unpaired) electrons. The third-order valence-corrected chi connectivity index (χ3v) is 4.28. The van der Waals surface area contributed by atoms with Gasteiger partial charge in [-0.25, -0.2) is 0 Å². The van der Waals surface area contributed by atoms with Crippen LogP contribution < -0.4 is 4.90 Å². The van der Waals surface area contributed by atoms with Crippen molar-refractivity contribution in [1.29, 1.82) is 0 Å². The molecule has 3 rings (SSSR count). The van der Waals surface area contributed by atoms with Gasteiger partial charge in [-0.15, -0.1) is 6.42 Å². The van der Waals surface area contributed by atoms with Gasteiger partial charge in [0.05, 0.1) is 6.04 Å². The molecule has 1 heterocycles. The first-order valence-corrected chi connectivity index (χ1v) is 7.48. The van der Waals surface area contributed by atoms with Crippen LogP contribution in [0.15, 0.2) is 42.5 Å².